The summed E-state index contributed by atoms with van der Waals surface area (Å²) in [6.45, 7) is 0. The zero-order valence-electron chi connectivity index (χ0n) is 20.2. The van der Waals surface area contributed by atoms with Crippen LogP contribution in [0.5, 0.6) is 0 Å². The second kappa shape index (κ2) is 10.4. The van der Waals surface area contributed by atoms with E-state index in [9.17, 15) is 4.79 Å². The lowest BCUT2D eigenvalue weighted by Crippen LogP contribution is -2.16. The lowest BCUT2D eigenvalue weighted by atomic mass is 10.1. The molecule has 0 unspecified atom stereocenters. The predicted octanol–water partition coefficient (Wildman–Crippen LogP) is 8.08. The normalized spacial score (nSPS) is 11.3. The number of hydrazone groups is 1. The van der Waals surface area contributed by atoms with Crippen LogP contribution in [0.4, 0.5) is 0 Å². The van der Waals surface area contributed by atoms with Crippen molar-refractivity contribution >= 4 is 39.0 Å². The number of furan rings is 1. The van der Waals surface area contributed by atoms with E-state index in [0.717, 1.165) is 43.6 Å². The van der Waals surface area contributed by atoms with Crippen LogP contribution in [0.25, 0.3) is 39.2 Å². The molecule has 0 atom stereocenters. The summed E-state index contributed by atoms with van der Waals surface area (Å²) in [6.07, 6.45) is 1.69. The van der Waals surface area contributed by atoms with Crippen molar-refractivity contribution in [3.05, 3.63) is 137 Å². The number of para-hydroxylation sites is 1. The van der Waals surface area contributed by atoms with Crippen LogP contribution in [-0.4, -0.2) is 16.7 Å². The second-order valence-electron chi connectivity index (χ2n) is 8.73. The van der Waals surface area contributed by atoms with Crippen LogP contribution in [0.15, 0.2) is 135 Å². The number of aromatic nitrogens is 1. The summed E-state index contributed by atoms with van der Waals surface area (Å²) in [6, 6.07) is 40.1. The van der Waals surface area contributed by atoms with E-state index in [0.29, 0.717) is 5.58 Å². The minimum Gasteiger partial charge on any atom is -0.451 e. The van der Waals surface area contributed by atoms with Crippen LogP contribution < -0.4 is 5.43 Å². The highest BCUT2D eigenvalue weighted by atomic mass is 79.9. The Morgan fingerprint density at radius 2 is 1.45 bits per heavy atom. The minimum absolute atomic E-state index is 0.199. The standard InChI is InChI=1S/C32H22BrN3O2/c33-26-16-17-29-24(18-26)20-30(38-29)32(37)35-34-21-25-19-28(22-10-4-1-5-11-22)36(27-14-8-3-9-15-27)31(25)23-12-6-2-7-13-23/h1-21H,(H,35,37)/b34-21-. The summed E-state index contributed by atoms with van der Waals surface area (Å²) >= 11 is 3.45. The summed E-state index contributed by atoms with van der Waals surface area (Å²) in [7, 11) is 0. The van der Waals surface area contributed by atoms with Gasteiger partial charge in [0.05, 0.1) is 17.6 Å². The van der Waals surface area contributed by atoms with Crippen molar-refractivity contribution in [1.29, 1.82) is 0 Å². The maximum absolute atomic E-state index is 12.8. The van der Waals surface area contributed by atoms with Crippen molar-refractivity contribution in [2.75, 3.05) is 0 Å². The Morgan fingerprint density at radius 3 is 2.16 bits per heavy atom. The molecule has 0 radical (unpaired) electrons. The first kappa shape index (κ1) is 23.7. The Bertz CT molecular complexity index is 1750. The number of nitrogens with one attached hydrogen (secondary N) is 1. The monoisotopic (exact) mass is 559 g/mol. The first-order chi connectivity index (χ1) is 18.7. The molecular formula is C32H22BrN3O2. The number of nitrogens with zero attached hydrogens (tertiary/aromatic N) is 2. The summed E-state index contributed by atoms with van der Waals surface area (Å²) in [5, 5.41) is 5.17. The van der Waals surface area contributed by atoms with Gasteiger partial charge in [0.1, 0.15) is 5.58 Å². The average molecular weight is 560 g/mol. The molecule has 0 aliphatic heterocycles. The zero-order valence-corrected chi connectivity index (χ0v) is 21.8. The van der Waals surface area contributed by atoms with Gasteiger partial charge >= 0.3 is 5.91 Å². The van der Waals surface area contributed by atoms with Gasteiger partial charge in [-0.25, -0.2) is 5.43 Å². The minimum atomic E-state index is -0.416. The fraction of sp³-hybridized carbons (Fsp3) is 0. The zero-order chi connectivity index (χ0) is 25.9. The predicted molar refractivity (Wildman–Crippen MR) is 156 cm³/mol. The molecule has 4 aromatic carbocycles. The molecule has 184 valence electrons. The average Bonchev–Trinajstić information content (AvgIpc) is 3.56. The van der Waals surface area contributed by atoms with Gasteiger partial charge in [-0.3, -0.25) is 4.79 Å². The van der Waals surface area contributed by atoms with Crippen LogP contribution in [0.1, 0.15) is 16.1 Å². The lowest BCUT2D eigenvalue weighted by Gasteiger charge is -2.15. The van der Waals surface area contributed by atoms with Gasteiger partial charge in [-0.15, -0.1) is 0 Å². The molecule has 6 aromatic rings. The summed E-state index contributed by atoms with van der Waals surface area (Å²) in [4.78, 5) is 12.8. The van der Waals surface area contributed by atoms with Gasteiger partial charge in [0.25, 0.3) is 0 Å². The van der Waals surface area contributed by atoms with E-state index in [2.05, 4.69) is 73.5 Å². The molecule has 0 aliphatic rings. The molecule has 0 spiro atoms. The van der Waals surface area contributed by atoms with Crippen molar-refractivity contribution < 1.29 is 9.21 Å². The van der Waals surface area contributed by atoms with Gasteiger partial charge in [-0.2, -0.15) is 5.10 Å². The van der Waals surface area contributed by atoms with Crippen molar-refractivity contribution in [3.8, 4) is 28.2 Å². The van der Waals surface area contributed by atoms with Gasteiger partial charge in [-0.05, 0) is 53.6 Å². The molecule has 0 saturated heterocycles. The van der Waals surface area contributed by atoms with Crippen LogP contribution >= 0.6 is 15.9 Å². The Kier molecular flexibility index (Phi) is 6.46. The molecule has 6 rings (SSSR count). The van der Waals surface area contributed by atoms with Crippen molar-refractivity contribution in [2.24, 2.45) is 5.10 Å². The van der Waals surface area contributed by atoms with E-state index in [1.54, 1.807) is 12.3 Å². The van der Waals surface area contributed by atoms with Gasteiger partial charge in [0.15, 0.2) is 5.76 Å². The van der Waals surface area contributed by atoms with Crippen molar-refractivity contribution in [1.82, 2.24) is 9.99 Å². The number of carbonyl (C=O) groups is 1. The third-order valence-corrected chi connectivity index (χ3v) is 6.73. The molecule has 0 fully saturated rings. The van der Waals surface area contributed by atoms with E-state index in [4.69, 9.17) is 4.42 Å². The molecule has 1 amide bonds. The Morgan fingerprint density at radius 1 is 0.789 bits per heavy atom. The van der Waals surface area contributed by atoms with E-state index < -0.39 is 5.91 Å². The molecule has 1 N–H and O–H groups in total. The molecule has 0 saturated carbocycles. The van der Waals surface area contributed by atoms with Crippen molar-refractivity contribution in [3.63, 3.8) is 0 Å². The molecular weight excluding hydrogens is 538 g/mol. The highest BCUT2D eigenvalue weighted by molar-refractivity contribution is 9.10. The number of hydrogen-bond acceptors (Lipinski definition) is 3. The first-order valence-corrected chi connectivity index (χ1v) is 12.9. The molecule has 0 bridgehead atoms. The maximum Gasteiger partial charge on any atom is 0.307 e. The van der Waals surface area contributed by atoms with E-state index >= 15 is 0 Å². The molecule has 2 heterocycles. The van der Waals surface area contributed by atoms with Crippen LogP contribution in [0.3, 0.4) is 0 Å². The number of carbonyl (C=O) groups excluding carboxylic acids is 1. The third kappa shape index (κ3) is 4.69. The van der Waals surface area contributed by atoms with Gasteiger partial charge in [0.2, 0.25) is 0 Å². The van der Waals surface area contributed by atoms with E-state index in [1.807, 2.05) is 72.8 Å². The van der Waals surface area contributed by atoms with Gasteiger partial charge in [0, 0.05) is 21.1 Å². The number of rotatable bonds is 6. The Balaban J connectivity index is 1.42. The number of hydrogen-bond donors (Lipinski definition) is 1. The summed E-state index contributed by atoms with van der Waals surface area (Å²) in [5.74, 6) is -0.217. The quantitative estimate of drug-likeness (QED) is 0.165. The maximum atomic E-state index is 12.8. The summed E-state index contributed by atoms with van der Waals surface area (Å²) in [5.41, 5.74) is 9.27. The molecule has 0 aliphatic carbocycles. The fourth-order valence-corrected chi connectivity index (χ4v) is 4.91. The number of halogens is 1. The Hall–Kier alpha value is -4.68. The number of fused-ring (bicyclic) bond motifs is 1. The van der Waals surface area contributed by atoms with Gasteiger partial charge < -0.3 is 8.98 Å². The van der Waals surface area contributed by atoms with Crippen LogP contribution in [0, 0.1) is 0 Å². The van der Waals surface area contributed by atoms with Crippen molar-refractivity contribution in [2.45, 2.75) is 0 Å². The second-order valence-corrected chi connectivity index (χ2v) is 9.64. The smallest absolute Gasteiger partial charge is 0.307 e. The topological polar surface area (TPSA) is 59.5 Å². The Labute approximate surface area is 228 Å². The molecule has 6 heteroatoms. The molecule has 38 heavy (non-hydrogen) atoms. The number of amides is 1. The lowest BCUT2D eigenvalue weighted by molar-refractivity contribution is 0.0929. The highest BCUT2D eigenvalue weighted by Crippen LogP contribution is 2.35. The fourth-order valence-electron chi connectivity index (χ4n) is 4.53. The number of benzene rings is 4. The summed E-state index contributed by atoms with van der Waals surface area (Å²) < 4.78 is 8.85. The highest BCUT2D eigenvalue weighted by Gasteiger charge is 2.19. The largest absolute Gasteiger partial charge is 0.451 e. The van der Waals surface area contributed by atoms with E-state index in [1.165, 1.54) is 0 Å². The first-order valence-electron chi connectivity index (χ1n) is 12.1. The van der Waals surface area contributed by atoms with Gasteiger partial charge in [-0.1, -0.05) is 94.8 Å². The van der Waals surface area contributed by atoms with Crippen LogP contribution in [0.2, 0.25) is 0 Å². The SMILES string of the molecule is O=C(N/N=C\c1cc(-c2ccccc2)n(-c2ccccc2)c1-c1ccccc1)c1cc2cc(Br)ccc2o1. The van der Waals surface area contributed by atoms with Crippen LogP contribution in [-0.2, 0) is 0 Å². The third-order valence-electron chi connectivity index (χ3n) is 6.23. The van der Waals surface area contributed by atoms with E-state index in [-0.39, 0.29) is 5.76 Å². The molecule has 5 nitrogen and oxygen atoms in total. The molecule has 2 aromatic heterocycles.